The third-order valence-electron chi connectivity index (χ3n) is 4.41. The second-order valence-corrected chi connectivity index (χ2v) is 6.13. The minimum atomic E-state index is 0. The summed E-state index contributed by atoms with van der Waals surface area (Å²) in [6.45, 7) is 6.74. The lowest BCUT2D eigenvalue weighted by molar-refractivity contribution is -0.117. The largest absolute Gasteiger partial charge is 0.497 e. The molecule has 0 bridgehead atoms. The highest BCUT2D eigenvalue weighted by atomic mass is 35.5. The zero-order chi connectivity index (χ0) is 16.7. The van der Waals surface area contributed by atoms with Crippen molar-refractivity contribution in [2.45, 2.75) is 33.1 Å². The van der Waals surface area contributed by atoms with Gasteiger partial charge in [0, 0.05) is 12.5 Å². The van der Waals surface area contributed by atoms with Crippen molar-refractivity contribution in [1.82, 2.24) is 5.32 Å². The molecule has 5 nitrogen and oxygen atoms in total. The van der Waals surface area contributed by atoms with Crippen molar-refractivity contribution in [3.8, 4) is 11.5 Å². The first kappa shape index (κ1) is 20.6. The number of nitrogens with one attached hydrogen (secondary N) is 2. The molecule has 1 amide bonds. The van der Waals surface area contributed by atoms with Gasteiger partial charge in [0.1, 0.15) is 11.5 Å². The first-order chi connectivity index (χ1) is 11.1. The smallest absolute Gasteiger partial charge is 0.224 e. The molecule has 2 N–H and O–H groups in total. The minimum Gasteiger partial charge on any atom is -0.497 e. The van der Waals surface area contributed by atoms with Crippen LogP contribution in [0.2, 0.25) is 0 Å². The first-order valence-electron chi connectivity index (χ1n) is 8.45. The number of methoxy groups -OCH3 is 1. The van der Waals surface area contributed by atoms with Gasteiger partial charge in [0.2, 0.25) is 5.91 Å². The fraction of sp³-hybridized carbons (Fsp3) is 0.611. The average molecular weight is 357 g/mol. The topological polar surface area (TPSA) is 59.6 Å². The molecule has 2 unspecified atom stereocenters. The zero-order valence-electron chi connectivity index (χ0n) is 14.8. The molecule has 1 fully saturated rings. The normalized spacial score (nSPS) is 18.2. The number of amides is 1. The molecule has 2 atom stereocenters. The van der Waals surface area contributed by atoms with E-state index in [1.165, 1.54) is 12.8 Å². The number of ether oxygens (including phenoxy) is 2. The maximum atomic E-state index is 12.4. The highest BCUT2D eigenvalue weighted by Gasteiger charge is 2.22. The van der Waals surface area contributed by atoms with Crippen molar-refractivity contribution in [1.29, 1.82) is 0 Å². The molecule has 1 aliphatic heterocycles. The van der Waals surface area contributed by atoms with Gasteiger partial charge in [-0.3, -0.25) is 4.79 Å². The van der Waals surface area contributed by atoms with Gasteiger partial charge in [0.15, 0.2) is 0 Å². The molecule has 24 heavy (non-hydrogen) atoms. The van der Waals surface area contributed by atoms with E-state index < -0.39 is 0 Å². The van der Waals surface area contributed by atoms with Crippen molar-refractivity contribution in [2.75, 3.05) is 32.1 Å². The quantitative estimate of drug-likeness (QED) is 0.785. The number of anilines is 1. The van der Waals surface area contributed by atoms with Crippen LogP contribution < -0.4 is 20.1 Å². The van der Waals surface area contributed by atoms with Crippen LogP contribution in [0.3, 0.4) is 0 Å². The maximum Gasteiger partial charge on any atom is 0.224 e. The summed E-state index contributed by atoms with van der Waals surface area (Å²) < 4.78 is 10.8. The van der Waals surface area contributed by atoms with E-state index in [0.717, 1.165) is 13.1 Å². The van der Waals surface area contributed by atoms with E-state index in [9.17, 15) is 4.79 Å². The van der Waals surface area contributed by atoms with Gasteiger partial charge in [0.25, 0.3) is 0 Å². The van der Waals surface area contributed by atoms with Crippen LogP contribution in [0.15, 0.2) is 18.2 Å². The van der Waals surface area contributed by atoms with Crippen LogP contribution in [-0.4, -0.2) is 32.7 Å². The van der Waals surface area contributed by atoms with Crippen molar-refractivity contribution in [3.63, 3.8) is 0 Å². The number of carbonyl (C=O) groups excluding carboxylic acids is 1. The maximum absolute atomic E-state index is 12.4. The molecule has 0 radical (unpaired) electrons. The predicted octanol–water partition coefficient (Wildman–Crippen LogP) is 3.48. The Morgan fingerprint density at radius 3 is 2.88 bits per heavy atom. The van der Waals surface area contributed by atoms with E-state index in [-0.39, 0.29) is 18.3 Å². The number of halogens is 1. The summed E-state index contributed by atoms with van der Waals surface area (Å²) in [4.78, 5) is 12.4. The molecule has 0 aromatic heterocycles. The Morgan fingerprint density at radius 1 is 1.46 bits per heavy atom. The van der Waals surface area contributed by atoms with Crippen LogP contribution in [0.1, 0.15) is 33.1 Å². The van der Waals surface area contributed by atoms with Gasteiger partial charge in [0.05, 0.1) is 19.4 Å². The van der Waals surface area contributed by atoms with Gasteiger partial charge >= 0.3 is 0 Å². The summed E-state index contributed by atoms with van der Waals surface area (Å²) in [7, 11) is 1.61. The molecule has 1 saturated heterocycles. The summed E-state index contributed by atoms with van der Waals surface area (Å²) in [6, 6.07) is 5.46. The van der Waals surface area contributed by atoms with E-state index in [1.807, 2.05) is 19.1 Å². The van der Waals surface area contributed by atoms with Crippen LogP contribution in [-0.2, 0) is 4.79 Å². The lowest BCUT2D eigenvalue weighted by Crippen LogP contribution is -2.34. The summed E-state index contributed by atoms with van der Waals surface area (Å²) in [5.74, 6) is 2.34. The van der Waals surface area contributed by atoms with Gasteiger partial charge in [-0.2, -0.15) is 0 Å². The summed E-state index contributed by atoms with van der Waals surface area (Å²) in [5.41, 5.74) is 0.671. The van der Waals surface area contributed by atoms with Gasteiger partial charge in [-0.15, -0.1) is 12.4 Å². The Morgan fingerprint density at radius 2 is 2.25 bits per heavy atom. The number of carbonyl (C=O) groups is 1. The van der Waals surface area contributed by atoms with E-state index in [4.69, 9.17) is 9.47 Å². The average Bonchev–Trinajstić information content (AvgIpc) is 2.57. The number of hydrogen-bond acceptors (Lipinski definition) is 4. The fourth-order valence-electron chi connectivity index (χ4n) is 3.04. The molecule has 136 valence electrons. The molecule has 6 heteroatoms. The summed E-state index contributed by atoms with van der Waals surface area (Å²) >= 11 is 0. The van der Waals surface area contributed by atoms with E-state index in [0.29, 0.717) is 42.0 Å². The van der Waals surface area contributed by atoms with Crippen LogP contribution >= 0.6 is 12.4 Å². The summed E-state index contributed by atoms with van der Waals surface area (Å²) in [6.07, 6.45) is 2.92. The number of rotatable bonds is 7. The third-order valence-corrected chi connectivity index (χ3v) is 4.41. The first-order valence-corrected chi connectivity index (χ1v) is 8.45. The Hall–Kier alpha value is -1.46. The van der Waals surface area contributed by atoms with Crippen LogP contribution in [0.25, 0.3) is 0 Å². The Bertz CT molecular complexity index is 519. The monoisotopic (exact) mass is 356 g/mol. The van der Waals surface area contributed by atoms with Gasteiger partial charge in [-0.1, -0.05) is 6.92 Å². The predicted molar refractivity (Wildman–Crippen MR) is 99.4 cm³/mol. The molecule has 1 heterocycles. The van der Waals surface area contributed by atoms with Crippen LogP contribution in [0.4, 0.5) is 5.69 Å². The lowest BCUT2D eigenvalue weighted by atomic mass is 9.85. The SMILES string of the molecule is CCOc1ccc(OC)cc1NC(=O)CC(C)C1CCCNC1.Cl. The molecule has 1 aliphatic rings. The van der Waals surface area contributed by atoms with Crippen LogP contribution in [0, 0.1) is 11.8 Å². The second kappa shape index (κ2) is 10.4. The summed E-state index contributed by atoms with van der Waals surface area (Å²) in [5, 5.41) is 6.39. The molecule has 0 saturated carbocycles. The highest BCUT2D eigenvalue weighted by Crippen LogP contribution is 2.30. The van der Waals surface area contributed by atoms with Gasteiger partial charge < -0.3 is 20.1 Å². The zero-order valence-corrected chi connectivity index (χ0v) is 15.6. The molecule has 1 aromatic carbocycles. The Labute approximate surface area is 150 Å². The van der Waals surface area contributed by atoms with Crippen LogP contribution in [0.5, 0.6) is 11.5 Å². The van der Waals surface area contributed by atoms with Crippen molar-refractivity contribution >= 4 is 24.0 Å². The second-order valence-electron chi connectivity index (χ2n) is 6.13. The van der Waals surface area contributed by atoms with E-state index in [2.05, 4.69) is 17.6 Å². The molecular weight excluding hydrogens is 328 g/mol. The molecule has 0 aliphatic carbocycles. The van der Waals surface area contributed by atoms with E-state index in [1.54, 1.807) is 13.2 Å². The number of hydrogen-bond donors (Lipinski definition) is 2. The fourth-order valence-corrected chi connectivity index (χ4v) is 3.04. The number of benzene rings is 1. The minimum absolute atomic E-state index is 0. The van der Waals surface area contributed by atoms with Crippen molar-refractivity contribution < 1.29 is 14.3 Å². The highest BCUT2D eigenvalue weighted by molar-refractivity contribution is 5.92. The van der Waals surface area contributed by atoms with Crippen molar-refractivity contribution in [3.05, 3.63) is 18.2 Å². The van der Waals surface area contributed by atoms with Gasteiger partial charge in [-0.25, -0.2) is 0 Å². The Kier molecular flexibility index (Phi) is 8.93. The van der Waals surface area contributed by atoms with Gasteiger partial charge in [-0.05, 0) is 56.8 Å². The standard InChI is InChI=1S/C18H28N2O3.ClH/c1-4-23-17-8-7-15(22-3)11-16(17)20-18(21)10-13(2)14-6-5-9-19-12-14;/h7-8,11,13-14,19H,4-6,9-10,12H2,1-3H3,(H,20,21);1H. The molecule has 1 aromatic rings. The van der Waals surface area contributed by atoms with E-state index >= 15 is 0 Å². The van der Waals surface area contributed by atoms with Crippen molar-refractivity contribution in [2.24, 2.45) is 11.8 Å². The molecular formula is C18H29ClN2O3. The molecule has 0 spiro atoms. The molecule has 2 rings (SSSR count). The third kappa shape index (κ3) is 5.87. The lowest BCUT2D eigenvalue weighted by Gasteiger charge is -2.28. The Balaban J connectivity index is 0.00000288. The number of piperidine rings is 1.